The average molecular weight is 433 g/mol. The second-order valence-electron chi connectivity index (χ2n) is 6.99. The third kappa shape index (κ3) is 3.10. The minimum Gasteiger partial charge on any atom is -0.271 e. The first-order valence-electron chi connectivity index (χ1n) is 9.25. The van der Waals surface area contributed by atoms with E-state index >= 15 is 0 Å². The highest BCUT2D eigenvalue weighted by Gasteiger charge is 2.30. The standard InChI is InChI=1S/C22H16N4O2S2/c1-12-5-7-14(8-6-12)19-23-20(25-26-17(27)10-13(2)22(26)28)18-15(11-30-21(18)24-19)16-4-3-9-29-16/h3-11H,1-2H3,(H,23,24,25). The van der Waals surface area contributed by atoms with Gasteiger partial charge in [-0.15, -0.1) is 22.7 Å². The Labute approximate surface area is 180 Å². The van der Waals surface area contributed by atoms with Crippen LogP contribution in [0.25, 0.3) is 32.0 Å². The summed E-state index contributed by atoms with van der Waals surface area (Å²) in [6.45, 7) is 3.64. The van der Waals surface area contributed by atoms with E-state index in [1.807, 2.05) is 54.1 Å². The third-order valence-corrected chi connectivity index (χ3v) is 6.62. The Morgan fingerprint density at radius 2 is 1.80 bits per heavy atom. The number of aryl methyl sites for hydroxylation is 1. The van der Waals surface area contributed by atoms with Crippen LogP contribution in [0.4, 0.5) is 5.82 Å². The van der Waals surface area contributed by atoms with Crippen LogP contribution in [0.3, 0.4) is 0 Å². The van der Waals surface area contributed by atoms with Gasteiger partial charge in [0.2, 0.25) is 0 Å². The molecule has 1 aliphatic heterocycles. The molecule has 0 atom stereocenters. The molecule has 8 heteroatoms. The highest BCUT2D eigenvalue weighted by molar-refractivity contribution is 7.18. The number of fused-ring (bicyclic) bond motifs is 1. The number of carbonyl (C=O) groups excluding carboxylic acids is 2. The first kappa shape index (κ1) is 18.7. The summed E-state index contributed by atoms with van der Waals surface area (Å²) in [4.78, 5) is 36.1. The van der Waals surface area contributed by atoms with Crippen LogP contribution < -0.4 is 5.43 Å². The molecule has 3 aromatic heterocycles. The van der Waals surface area contributed by atoms with E-state index in [9.17, 15) is 9.59 Å². The van der Waals surface area contributed by atoms with Gasteiger partial charge in [-0.1, -0.05) is 35.9 Å². The number of hydrazine groups is 1. The number of rotatable bonds is 4. The number of amides is 2. The van der Waals surface area contributed by atoms with Gasteiger partial charge in [-0.05, 0) is 25.3 Å². The number of hydrogen-bond acceptors (Lipinski definition) is 7. The highest BCUT2D eigenvalue weighted by atomic mass is 32.1. The molecule has 0 bridgehead atoms. The summed E-state index contributed by atoms with van der Waals surface area (Å²) in [6, 6.07) is 11.9. The molecule has 1 N–H and O–H groups in total. The molecular weight excluding hydrogens is 416 g/mol. The lowest BCUT2D eigenvalue weighted by Crippen LogP contribution is -2.36. The second kappa shape index (κ2) is 7.16. The number of nitrogens with one attached hydrogen (secondary N) is 1. The van der Waals surface area contributed by atoms with Crippen LogP contribution in [0.1, 0.15) is 12.5 Å². The van der Waals surface area contributed by atoms with Crippen molar-refractivity contribution in [3.63, 3.8) is 0 Å². The highest BCUT2D eigenvalue weighted by Crippen LogP contribution is 2.40. The predicted octanol–water partition coefficient (Wildman–Crippen LogP) is 5.04. The molecule has 0 aliphatic carbocycles. The number of thiophene rings is 2. The molecule has 0 saturated heterocycles. The van der Waals surface area contributed by atoms with Crippen molar-refractivity contribution >= 4 is 50.5 Å². The van der Waals surface area contributed by atoms with Gasteiger partial charge in [0.25, 0.3) is 11.8 Å². The van der Waals surface area contributed by atoms with Crippen molar-refractivity contribution in [2.75, 3.05) is 5.43 Å². The van der Waals surface area contributed by atoms with Gasteiger partial charge in [-0.3, -0.25) is 15.0 Å². The fourth-order valence-electron chi connectivity index (χ4n) is 3.27. The molecule has 4 heterocycles. The number of nitrogens with zero attached hydrogens (tertiary/aromatic N) is 3. The molecular formula is C22H16N4O2S2. The van der Waals surface area contributed by atoms with Gasteiger partial charge in [0.05, 0.1) is 5.39 Å². The summed E-state index contributed by atoms with van der Waals surface area (Å²) < 4.78 is 0. The van der Waals surface area contributed by atoms with Crippen molar-refractivity contribution in [3.05, 3.63) is 64.4 Å². The van der Waals surface area contributed by atoms with Crippen LogP contribution in [-0.2, 0) is 9.59 Å². The quantitative estimate of drug-likeness (QED) is 0.458. The first-order chi connectivity index (χ1) is 14.5. The average Bonchev–Trinajstić information content (AvgIpc) is 3.45. The Balaban J connectivity index is 1.68. The summed E-state index contributed by atoms with van der Waals surface area (Å²) in [5.41, 5.74) is 6.34. The molecule has 6 nitrogen and oxygen atoms in total. The lowest BCUT2D eigenvalue weighted by Gasteiger charge is -2.18. The number of hydrogen-bond donors (Lipinski definition) is 1. The zero-order chi connectivity index (χ0) is 20.8. The van der Waals surface area contributed by atoms with Gasteiger partial charge in [0.15, 0.2) is 11.6 Å². The van der Waals surface area contributed by atoms with Gasteiger partial charge in [-0.2, -0.15) is 5.01 Å². The number of aromatic nitrogens is 2. The second-order valence-corrected chi connectivity index (χ2v) is 8.79. The van der Waals surface area contributed by atoms with E-state index in [4.69, 9.17) is 9.97 Å². The Kier molecular flexibility index (Phi) is 4.45. The van der Waals surface area contributed by atoms with Crippen LogP contribution in [0, 0.1) is 6.92 Å². The van der Waals surface area contributed by atoms with Gasteiger partial charge in [0.1, 0.15) is 4.83 Å². The molecule has 2 amide bonds. The fourth-order valence-corrected chi connectivity index (χ4v) is 5.03. The zero-order valence-corrected chi connectivity index (χ0v) is 17.8. The molecule has 1 aliphatic rings. The molecule has 5 rings (SSSR count). The number of anilines is 1. The summed E-state index contributed by atoms with van der Waals surface area (Å²) in [5, 5.41) is 5.84. The lowest BCUT2D eigenvalue weighted by molar-refractivity contribution is -0.135. The van der Waals surface area contributed by atoms with Crippen LogP contribution in [-0.4, -0.2) is 26.8 Å². The van der Waals surface area contributed by atoms with Crippen molar-refractivity contribution < 1.29 is 9.59 Å². The summed E-state index contributed by atoms with van der Waals surface area (Å²) in [5.74, 6) is 0.184. The minimum absolute atomic E-state index is 0.378. The maximum Gasteiger partial charge on any atom is 0.275 e. The molecule has 0 fully saturated rings. The van der Waals surface area contributed by atoms with E-state index < -0.39 is 5.91 Å². The van der Waals surface area contributed by atoms with Crippen LogP contribution >= 0.6 is 22.7 Å². The molecule has 148 valence electrons. The Morgan fingerprint density at radius 1 is 1.00 bits per heavy atom. The number of benzene rings is 1. The van der Waals surface area contributed by atoms with Gasteiger partial charge >= 0.3 is 0 Å². The van der Waals surface area contributed by atoms with E-state index in [1.165, 1.54) is 17.4 Å². The van der Waals surface area contributed by atoms with Crippen LogP contribution in [0.2, 0.25) is 0 Å². The topological polar surface area (TPSA) is 75.2 Å². The smallest absolute Gasteiger partial charge is 0.271 e. The van der Waals surface area contributed by atoms with Crippen molar-refractivity contribution in [1.29, 1.82) is 0 Å². The molecule has 0 unspecified atom stereocenters. The molecule has 30 heavy (non-hydrogen) atoms. The molecule has 1 aromatic carbocycles. The molecule has 0 radical (unpaired) electrons. The largest absolute Gasteiger partial charge is 0.275 e. The predicted molar refractivity (Wildman–Crippen MR) is 120 cm³/mol. The summed E-state index contributed by atoms with van der Waals surface area (Å²) in [6.07, 6.45) is 1.32. The Bertz CT molecular complexity index is 1320. The van der Waals surface area contributed by atoms with E-state index in [0.29, 0.717) is 17.2 Å². The normalized spacial score (nSPS) is 13.9. The third-order valence-electron chi connectivity index (χ3n) is 4.85. The van der Waals surface area contributed by atoms with Crippen molar-refractivity contribution in [1.82, 2.24) is 15.0 Å². The lowest BCUT2D eigenvalue weighted by atomic mass is 10.1. The van der Waals surface area contributed by atoms with Gasteiger partial charge < -0.3 is 0 Å². The van der Waals surface area contributed by atoms with E-state index in [1.54, 1.807) is 18.3 Å². The summed E-state index contributed by atoms with van der Waals surface area (Å²) >= 11 is 3.13. The van der Waals surface area contributed by atoms with Crippen molar-refractivity contribution in [2.45, 2.75) is 13.8 Å². The molecule has 0 spiro atoms. The van der Waals surface area contributed by atoms with Gasteiger partial charge in [-0.25, -0.2) is 9.97 Å². The van der Waals surface area contributed by atoms with Crippen LogP contribution in [0.15, 0.2) is 58.8 Å². The number of carbonyl (C=O) groups is 2. The fraction of sp³-hybridized carbons (Fsp3) is 0.0909. The summed E-state index contributed by atoms with van der Waals surface area (Å²) in [7, 11) is 0. The maximum absolute atomic E-state index is 12.4. The number of imide groups is 1. The minimum atomic E-state index is -0.408. The molecule has 4 aromatic rings. The van der Waals surface area contributed by atoms with Crippen molar-refractivity contribution in [2.24, 2.45) is 0 Å². The van der Waals surface area contributed by atoms with E-state index in [-0.39, 0.29) is 5.91 Å². The van der Waals surface area contributed by atoms with Crippen LogP contribution in [0.5, 0.6) is 0 Å². The van der Waals surface area contributed by atoms with E-state index in [0.717, 1.165) is 36.8 Å². The van der Waals surface area contributed by atoms with Gasteiger partial charge in [0, 0.05) is 33.0 Å². The first-order valence-corrected chi connectivity index (χ1v) is 11.0. The zero-order valence-electron chi connectivity index (χ0n) is 16.2. The van der Waals surface area contributed by atoms with E-state index in [2.05, 4.69) is 5.43 Å². The monoisotopic (exact) mass is 432 g/mol. The maximum atomic E-state index is 12.4. The SMILES string of the molecule is CC1=CC(=O)N(Nc2nc(-c3ccc(C)cc3)nc3scc(-c4cccs4)c23)C1=O. The molecule has 0 saturated carbocycles. The van der Waals surface area contributed by atoms with Crippen molar-refractivity contribution in [3.8, 4) is 21.8 Å². The Hall–Kier alpha value is -3.36. The Morgan fingerprint density at radius 3 is 2.47 bits per heavy atom.